The highest BCUT2D eigenvalue weighted by Crippen LogP contribution is 2.30. The molecule has 7 heteroatoms. The van der Waals surface area contributed by atoms with E-state index < -0.39 is 0 Å². The van der Waals surface area contributed by atoms with Crippen LogP contribution in [0.2, 0.25) is 0 Å². The topological polar surface area (TPSA) is 59.8 Å². The number of nitrogens with zero attached hydrogens (tertiary/aromatic N) is 3. The lowest BCUT2D eigenvalue weighted by Gasteiger charge is -2.06. The van der Waals surface area contributed by atoms with Gasteiger partial charge in [-0.05, 0) is 38.3 Å². The number of amides is 1. The van der Waals surface area contributed by atoms with E-state index in [1.54, 1.807) is 25.1 Å². The van der Waals surface area contributed by atoms with E-state index in [9.17, 15) is 9.18 Å². The molecule has 1 amide bonds. The lowest BCUT2D eigenvalue weighted by atomic mass is 10.2. The van der Waals surface area contributed by atoms with Crippen LogP contribution < -0.4 is 5.32 Å². The molecule has 1 N–H and O–H groups in total. The van der Waals surface area contributed by atoms with Crippen LogP contribution in [-0.2, 0) is 12.8 Å². The Kier molecular flexibility index (Phi) is 3.65. The van der Waals surface area contributed by atoms with Gasteiger partial charge in [-0.3, -0.25) is 10.1 Å². The summed E-state index contributed by atoms with van der Waals surface area (Å²) in [6, 6.07) is 6.35. The molecule has 2 heterocycles. The maximum atomic E-state index is 13.9. The van der Waals surface area contributed by atoms with Gasteiger partial charge in [-0.1, -0.05) is 12.1 Å². The van der Waals surface area contributed by atoms with Gasteiger partial charge in [0.2, 0.25) is 0 Å². The third-order valence-electron chi connectivity index (χ3n) is 4.15. The number of anilines is 1. The Hall–Kier alpha value is -2.54. The molecular formula is C17H15FN4OS. The largest absolute Gasteiger partial charge is 0.298 e. The number of halogens is 1. The van der Waals surface area contributed by atoms with E-state index in [2.05, 4.69) is 15.4 Å². The number of hydrogen-bond acceptors (Lipinski definition) is 4. The van der Waals surface area contributed by atoms with E-state index in [-0.39, 0.29) is 11.7 Å². The first-order chi connectivity index (χ1) is 11.6. The third-order valence-corrected chi connectivity index (χ3v) is 5.22. The van der Waals surface area contributed by atoms with Gasteiger partial charge in [-0.15, -0.1) is 11.3 Å². The minimum atomic E-state index is -0.382. The smallest absolute Gasteiger partial charge is 0.260 e. The number of para-hydroxylation sites is 1. The van der Waals surface area contributed by atoms with E-state index in [1.807, 2.05) is 0 Å². The average Bonchev–Trinajstić information content (AvgIpc) is 3.22. The van der Waals surface area contributed by atoms with Crippen LogP contribution in [0.25, 0.3) is 5.69 Å². The Balaban J connectivity index is 1.60. The van der Waals surface area contributed by atoms with Gasteiger partial charge >= 0.3 is 0 Å². The van der Waals surface area contributed by atoms with Crippen LogP contribution in [0.5, 0.6) is 0 Å². The van der Waals surface area contributed by atoms with Crippen LogP contribution >= 0.6 is 11.3 Å². The summed E-state index contributed by atoms with van der Waals surface area (Å²) in [5.41, 5.74) is 2.41. The van der Waals surface area contributed by atoms with Gasteiger partial charge in [0, 0.05) is 4.88 Å². The molecule has 0 atom stereocenters. The Labute approximate surface area is 142 Å². The highest BCUT2D eigenvalue weighted by molar-refractivity contribution is 7.16. The van der Waals surface area contributed by atoms with Gasteiger partial charge in [-0.2, -0.15) is 5.10 Å². The number of benzene rings is 1. The van der Waals surface area contributed by atoms with Crippen molar-refractivity contribution in [2.45, 2.75) is 26.2 Å². The monoisotopic (exact) mass is 342 g/mol. The number of carbonyl (C=O) groups excluding carboxylic acids is 1. The SMILES string of the molecule is Cc1c(C(=O)Nc2nc3c(s2)CCC3)cnn1-c1ccccc1F. The Morgan fingerprint density at radius 3 is 2.96 bits per heavy atom. The quantitative estimate of drug-likeness (QED) is 0.792. The molecule has 122 valence electrons. The molecule has 0 saturated heterocycles. The molecular weight excluding hydrogens is 327 g/mol. The highest BCUT2D eigenvalue weighted by atomic mass is 32.1. The van der Waals surface area contributed by atoms with Gasteiger partial charge in [0.1, 0.15) is 11.5 Å². The summed E-state index contributed by atoms with van der Waals surface area (Å²) in [7, 11) is 0. The summed E-state index contributed by atoms with van der Waals surface area (Å²) in [5, 5.41) is 7.60. The molecule has 0 fully saturated rings. The maximum absolute atomic E-state index is 13.9. The molecule has 0 saturated carbocycles. The minimum Gasteiger partial charge on any atom is -0.298 e. The van der Waals surface area contributed by atoms with Crippen molar-refractivity contribution in [3.63, 3.8) is 0 Å². The molecule has 5 nitrogen and oxygen atoms in total. The molecule has 0 unspecified atom stereocenters. The second-order valence-electron chi connectivity index (χ2n) is 5.70. The van der Waals surface area contributed by atoms with Gasteiger partial charge in [0.15, 0.2) is 5.13 Å². The zero-order valence-corrected chi connectivity index (χ0v) is 13.9. The molecule has 1 aromatic carbocycles. The van der Waals surface area contributed by atoms with Gasteiger partial charge in [-0.25, -0.2) is 14.1 Å². The predicted octanol–water partition coefficient (Wildman–Crippen LogP) is 3.52. The van der Waals surface area contributed by atoms with Crippen molar-refractivity contribution >= 4 is 22.4 Å². The van der Waals surface area contributed by atoms with E-state index in [1.165, 1.54) is 33.2 Å². The molecule has 0 bridgehead atoms. The van der Waals surface area contributed by atoms with Crippen molar-refractivity contribution in [3.8, 4) is 5.69 Å². The summed E-state index contributed by atoms with van der Waals surface area (Å²) >= 11 is 1.53. The normalized spacial score (nSPS) is 13.1. The molecule has 1 aliphatic carbocycles. The summed E-state index contributed by atoms with van der Waals surface area (Å²) in [4.78, 5) is 18.2. The summed E-state index contributed by atoms with van der Waals surface area (Å²) < 4.78 is 15.4. The van der Waals surface area contributed by atoms with Crippen LogP contribution in [0.1, 0.15) is 33.0 Å². The number of fused-ring (bicyclic) bond motifs is 1. The Bertz CT molecular complexity index is 909. The lowest BCUT2D eigenvalue weighted by molar-refractivity contribution is 0.102. The molecule has 2 aromatic heterocycles. The Morgan fingerprint density at radius 1 is 1.33 bits per heavy atom. The second-order valence-corrected chi connectivity index (χ2v) is 6.79. The molecule has 0 radical (unpaired) electrons. The number of aryl methyl sites for hydroxylation is 2. The van der Waals surface area contributed by atoms with E-state index in [0.717, 1.165) is 25.0 Å². The highest BCUT2D eigenvalue weighted by Gasteiger charge is 2.21. The van der Waals surface area contributed by atoms with Gasteiger partial charge < -0.3 is 0 Å². The molecule has 1 aliphatic rings. The molecule has 0 spiro atoms. The fourth-order valence-corrected chi connectivity index (χ4v) is 3.95. The standard InChI is InChI=1S/C17H15FN4OS/c1-10-11(9-19-22(10)14-7-3-2-5-12(14)18)16(23)21-17-20-13-6-4-8-15(13)24-17/h2-3,5,7,9H,4,6,8H2,1H3,(H,20,21,23). The maximum Gasteiger partial charge on any atom is 0.260 e. The van der Waals surface area contributed by atoms with Crippen LogP contribution in [-0.4, -0.2) is 20.7 Å². The van der Waals surface area contributed by atoms with Crippen molar-refractivity contribution in [2.24, 2.45) is 0 Å². The van der Waals surface area contributed by atoms with E-state index >= 15 is 0 Å². The van der Waals surface area contributed by atoms with Crippen molar-refractivity contribution < 1.29 is 9.18 Å². The molecule has 4 rings (SSSR count). The van der Waals surface area contributed by atoms with Crippen molar-refractivity contribution in [1.29, 1.82) is 0 Å². The first kappa shape index (κ1) is 15.0. The predicted molar refractivity (Wildman–Crippen MR) is 90.4 cm³/mol. The summed E-state index contributed by atoms with van der Waals surface area (Å²) in [6.45, 7) is 1.75. The fraction of sp³-hybridized carbons (Fsp3) is 0.235. The van der Waals surface area contributed by atoms with Crippen LogP contribution in [0, 0.1) is 12.7 Å². The number of rotatable bonds is 3. The second kappa shape index (κ2) is 5.83. The minimum absolute atomic E-state index is 0.275. The number of aromatic nitrogens is 3. The zero-order chi connectivity index (χ0) is 16.7. The van der Waals surface area contributed by atoms with Crippen molar-refractivity contribution in [3.05, 3.63) is 58.1 Å². The number of thiazole rings is 1. The fourth-order valence-electron chi connectivity index (χ4n) is 2.91. The van der Waals surface area contributed by atoms with Crippen molar-refractivity contribution in [2.75, 3.05) is 5.32 Å². The Morgan fingerprint density at radius 2 is 2.17 bits per heavy atom. The summed E-state index contributed by atoms with van der Waals surface area (Å²) in [6.07, 6.45) is 4.61. The number of nitrogens with one attached hydrogen (secondary N) is 1. The van der Waals surface area contributed by atoms with E-state index in [0.29, 0.717) is 22.1 Å². The first-order valence-corrected chi connectivity index (χ1v) is 8.54. The summed E-state index contributed by atoms with van der Waals surface area (Å²) in [5.74, 6) is -0.658. The van der Waals surface area contributed by atoms with Crippen LogP contribution in [0.15, 0.2) is 30.5 Å². The molecule has 24 heavy (non-hydrogen) atoms. The third kappa shape index (κ3) is 2.50. The van der Waals surface area contributed by atoms with Crippen LogP contribution in [0.4, 0.5) is 9.52 Å². The number of hydrogen-bond donors (Lipinski definition) is 1. The van der Waals surface area contributed by atoms with Gasteiger partial charge in [0.05, 0.1) is 23.1 Å². The van der Waals surface area contributed by atoms with Crippen molar-refractivity contribution in [1.82, 2.24) is 14.8 Å². The lowest BCUT2D eigenvalue weighted by Crippen LogP contribution is -2.13. The van der Waals surface area contributed by atoms with Gasteiger partial charge in [0.25, 0.3) is 5.91 Å². The molecule has 0 aliphatic heterocycles. The van der Waals surface area contributed by atoms with E-state index in [4.69, 9.17) is 0 Å². The average molecular weight is 342 g/mol. The zero-order valence-electron chi connectivity index (χ0n) is 13.0. The van der Waals surface area contributed by atoms with Crippen LogP contribution in [0.3, 0.4) is 0 Å². The number of carbonyl (C=O) groups is 1. The molecule has 3 aromatic rings. The first-order valence-electron chi connectivity index (χ1n) is 7.73.